The van der Waals surface area contributed by atoms with Crippen LogP contribution in [0, 0.1) is 11.5 Å². The standard InChI is InChI=1S/C26H30F3N7O/c1-31-25(32-16-30)34-13-10-18(11-14-34)36-23(17-8-9-17)20(15-33-36)24(37)35-12-4-7-22(35)19-5-2-3-6-21(19)26(27,28)29/h2-3,5-6,15,17-18,22H,4,7-14H2,1H3,(H,31,32). The van der Waals surface area contributed by atoms with Crippen LogP contribution in [-0.4, -0.2) is 58.1 Å². The smallest absolute Gasteiger partial charge is 0.358 e. The Balaban J connectivity index is 1.39. The zero-order chi connectivity index (χ0) is 26.2. The van der Waals surface area contributed by atoms with Gasteiger partial charge in [0.25, 0.3) is 5.91 Å². The highest BCUT2D eigenvalue weighted by molar-refractivity contribution is 5.96. The number of aromatic nitrogens is 2. The van der Waals surface area contributed by atoms with Gasteiger partial charge in [0.2, 0.25) is 12.2 Å². The lowest BCUT2D eigenvalue weighted by atomic mass is 9.97. The second-order valence-corrected chi connectivity index (χ2v) is 9.91. The molecule has 1 aliphatic carbocycles. The fourth-order valence-corrected chi connectivity index (χ4v) is 5.78. The minimum Gasteiger partial charge on any atom is -0.358 e. The van der Waals surface area contributed by atoms with Crippen molar-refractivity contribution in [2.45, 2.75) is 62.7 Å². The van der Waals surface area contributed by atoms with Crippen LogP contribution >= 0.6 is 0 Å². The van der Waals surface area contributed by atoms with Gasteiger partial charge in [0, 0.05) is 32.6 Å². The maximum Gasteiger partial charge on any atom is 0.416 e. The first-order valence-corrected chi connectivity index (χ1v) is 12.8. The lowest BCUT2D eigenvalue weighted by Gasteiger charge is -2.34. The predicted molar refractivity (Wildman–Crippen MR) is 131 cm³/mol. The highest BCUT2D eigenvalue weighted by Gasteiger charge is 2.41. The number of rotatable bonds is 4. The van der Waals surface area contributed by atoms with Crippen molar-refractivity contribution in [3.05, 3.63) is 52.8 Å². The van der Waals surface area contributed by atoms with E-state index < -0.39 is 17.8 Å². The van der Waals surface area contributed by atoms with E-state index in [4.69, 9.17) is 5.26 Å². The summed E-state index contributed by atoms with van der Waals surface area (Å²) in [5.41, 5.74) is 0.916. The van der Waals surface area contributed by atoms with Crippen LogP contribution in [0.2, 0.25) is 0 Å². The first-order valence-electron chi connectivity index (χ1n) is 12.8. The summed E-state index contributed by atoms with van der Waals surface area (Å²) in [6.07, 6.45) is 3.64. The first kappa shape index (κ1) is 25.1. The van der Waals surface area contributed by atoms with E-state index in [2.05, 4.69) is 15.4 Å². The molecule has 1 N–H and O–H groups in total. The molecule has 1 aromatic carbocycles. The second kappa shape index (κ2) is 10.1. The van der Waals surface area contributed by atoms with Crippen LogP contribution in [0.15, 0.2) is 35.5 Å². The van der Waals surface area contributed by atoms with Gasteiger partial charge in [-0.15, -0.1) is 4.99 Å². The molecule has 3 heterocycles. The molecule has 1 amide bonds. The zero-order valence-corrected chi connectivity index (χ0v) is 20.7. The van der Waals surface area contributed by atoms with Crippen molar-refractivity contribution in [2.75, 3.05) is 26.7 Å². The Hall–Kier alpha value is -3.55. The van der Waals surface area contributed by atoms with E-state index in [1.807, 2.05) is 15.8 Å². The van der Waals surface area contributed by atoms with Crippen LogP contribution in [0.25, 0.3) is 0 Å². The van der Waals surface area contributed by atoms with Crippen LogP contribution < -0.4 is 5.32 Å². The molecule has 1 aromatic heterocycles. The molecule has 2 aromatic rings. The molecule has 5 rings (SSSR count). The molecule has 0 radical (unpaired) electrons. The number of likely N-dealkylation sites (tertiary alicyclic amines) is 2. The Kier molecular flexibility index (Phi) is 6.84. The molecule has 0 spiro atoms. The summed E-state index contributed by atoms with van der Waals surface area (Å²) in [5.74, 6) is 0.554. The van der Waals surface area contributed by atoms with Crippen molar-refractivity contribution in [1.29, 1.82) is 5.26 Å². The summed E-state index contributed by atoms with van der Waals surface area (Å²) in [6.45, 7) is 1.82. The molecule has 1 saturated carbocycles. The Labute approximate surface area is 213 Å². The van der Waals surface area contributed by atoms with Crippen molar-refractivity contribution in [1.82, 2.24) is 24.9 Å². The number of piperidine rings is 1. The number of carbonyl (C=O) groups excluding carboxylic acids is 1. The summed E-state index contributed by atoms with van der Waals surface area (Å²) in [6, 6.07) is 5.08. The van der Waals surface area contributed by atoms with Gasteiger partial charge in [0.05, 0.1) is 35.1 Å². The van der Waals surface area contributed by atoms with Gasteiger partial charge in [-0.1, -0.05) is 18.2 Å². The third-order valence-electron chi connectivity index (χ3n) is 7.66. The van der Waals surface area contributed by atoms with Crippen molar-refractivity contribution in [3.8, 4) is 6.19 Å². The summed E-state index contributed by atoms with van der Waals surface area (Å²) < 4.78 is 43.2. The minimum absolute atomic E-state index is 0.105. The largest absolute Gasteiger partial charge is 0.416 e. The van der Waals surface area contributed by atoms with E-state index in [1.165, 1.54) is 12.1 Å². The van der Waals surface area contributed by atoms with Gasteiger partial charge in [-0.2, -0.15) is 23.5 Å². The molecule has 11 heteroatoms. The van der Waals surface area contributed by atoms with Crippen LogP contribution in [0.5, 0.6) is 0 Å². The molecular weight excluding hydrogens is 483 g/mol. The third-order valence-corrected chi connectivity index (χ3v) is 7.66. The molecule has 3 aliphatic rings. The van der Waals surface area contributed by atoms with E-state index in [-0.39, 0.29) is 23.4 Å². The van der Waals surface area contributed by atoms with E-state index >= 15 is 0 Å². The molecule has 8 nitrogen and oxygen atoms in total. The number of carbonyl (C=O) groups is 1. The Morgan fingerprint density at radius 1 is 1.14 bits per heavy atom. The third kappa shape index (κ3) is 4.89. The molecule has 1 atom stereocenters. The van der Waals surface area contributed by atoms with Crippen molar-refractivity contribution < 1.29 is 18.0 Å². The Morgan fingerprint density at radius 3 is 2.51 bits per heavy atom. The second-order valence-electron chi connectivity index (χ2n) is 9.91. The number of halogens is 3. The van der Waals surface area contributed by atoms with Gasteiger partial charge < -0.3 is 15.1 Å². The summed E-state index contributed by atoms with van der Waals surface area (Å²) in [5, 5.41) is 16.5. The average molecular weight is 514 g/mol. The minimum atomic E-state index is -4.47. The number of hydrogen-bond donors (Lipinski definition) is 1. The summed E-state index contributed by atoms with van der Waals surface area (Å²) in [7, 11) is 1.73. The molecule has 2 saturated heterocycles. The number of benzene rings is 1. The molecule has 2 aliphatic heterocycles. The van der Waals surface area contributed by atoms with Crippen LogP contribution in [0.3, 0.4) is 0 Å². The summed E-state index contributed by atoms with van der Waals surface area (Å²) in [4.78, 5) is 21.3. The molecule has 196 valence electrons. The summed E-state index contributed by atoms with van der Waals surface area (Å²) >= 11 is 0. The fraction of sp³-hybridized carbons (Fsp3) is 0.538. The quantitative estimate of drug-likeness (QED) is 0.371. The fourth-order valence-electron chi connectivity index (χ4n) is 5.78. The zero-order valence-electron chi connectivity index (χ0n) is 20.7. The molecular formula is C26H30F3N7O. The van der Waals surface area contributed by atoms with E-state index in [0.717, 1.165) is 37.4 Å². The number of hydrogen-bond acceptors (Lipinski definition) is 4. The Morgan fingerprint density at radius 2 is 1.86 bits per heavy atom. The monoisotopic (exact) mass is 513 g/mol. The number of amides is 1. The van der Waals surface area contributed by atoms with Gasteiger partial charge >= 0.3 is 6.18 Å². The molecule has 37 heavy (non-hydrogen) atoms. The van der Waals surface area contributed by atoms with Crippen molar-refractivity contribution in [3.63, 3.8) is 0 Å². The maximum absolute atomic E-state index is 13.8. The van der Waals surface area contributed by atoms with Crippen LogP contribution in [0.1, 0.15) is 83.7 Å². The van der Waals surface area contributed by atoms with Crippen LogP contribution in [-0.2, 0) is 6.18 Å². The van der Waals surface area contributed by atoms with E-state index in [1.54, 1.807) is 24.2 Å². The average Bonchev–Trinajstić information content (AvgIpc) is 3.44. The number of nitrogens with one attached hydrogen (secondary N) is 1. The van der Waals surface area contributed by atoms with E-state index in [9.17, 15) is 18.0 Å². The van der Waals surface area contributed by atoms with Crippen LogP contribution in [0.4, 0.5) is 13.2 Å². The first-order chi connectivity index (χ1) is 17.8. The number of alkyl halides is 3. The Bertz CT molecular complexity index is 1220. The number of guanidine groups is 1. The lowest BCUT2D eigenvalue weighted by Crippen LogP contribution is -2.44. The van der Waals surface area contributed by atoms with Gasteiger partial charge in [-0.25, -0.2) is 0 Å². The topological polar surface area (TPSA) is 89.5 Å². The molecule has 1 unspecified atom stereocenters. The van der Waals surface area contributed by atoms with Gasteiger partial charge in [-0.3, -0.25) is 9.48 Å². The lowest BCUT2D eigenvalue weighted by molar-refractivity contribution is -0.138. The molecule has 0 bridgehead atoms. The number of nitrogens with zero attached hydrogens (tertiary/aromatic N) is 6. The highest BCUT2D eigenvalue weighted by atomic mass is 19.4. The van der Waals surface area contributed by atoms with Gasteiger partial charge in [0.15, 0.2) is 0 Å². The van der Waals surface area contributed by atoms with Crippen molar-refractivity contribution in [2.24, 2.45) is 4.99 Å². The highest BCUT2D eigenvalue weighted by Crippen LogP contribution is 2.45. The number of aliphatic imine (C=N–C) groups is 1. The number of nitriles is 1. The van der Waals surface area contributed by atoms with E-state index in [0.29, 0.717) is 44.0 Å². The normalized spacial score (nSPS) is 21.3. The SMILES string of the molecule is CNC(=NC#N)N1CCC(n2ncc(C(=O)N3CCCC3c3ccccc3C(F)(F)F)c2C2CC2)CC1. The van der Waals surface area contributed by atoms with Gasteiger partial charge in [0.1, 0.15) is 0 Å². The maximum atomic E-state index is 13.8. The van der Waals surface area contributed by atoms with Crippen molar-refractivity contribution >= 4 is 11.9 Å². The van der Waals surface area contributed by atoms with Gasteiger partial charge in [-0.05, 0) is 50.2 Å². The predicted octanol–water partition coefficient (Wildman–Crippen LogP) is 4.45. The molecule has 3 fully saturated rings.